The van der Waals surface area contributed by atoms with E-state index in [2.05, 4.69) is 20.4 Å². The normalized spacial score (nSPS) is 16.5. The lowest BCUT2D eigenvalue weighted by Crippen LogP contribution is -2.36. The molecule has 140 valence electrons. The second kappa shape index (κ2) is 8.27. The second-order valence-electron chi connectivity index (χ2n) is 6.63. The Morgan fingerprint density at radius 2 is 2.12 bits per heavy atom. The number of carbonyl (C=O) groups excluding carboxylic acids is 1. The summed E-state index contributed by atoms with van der Waals surface area (Å²) in [6.07, 6.45) is 3.17. The van der Waals surface area contributed by atoms with E-state index in [1.165, 1.54) is 0 Å². The van der Waals surface area contributed by atoms with E-state index in [9.17, 15) is 4.79 Å². The number of nitrogens with one attached hydrogen (secondary N) is 1. The van der Waals surface area contributed by atoms with Crippen LogP contribution in [0.4, 0.5) is 0 Å². The van der Waals surface area contributed by atoms with Crippen molar-refractivity contribution in [2.45, 2.75) is 38.6 Å². The van der Waals surface area contributed by atoms with Gasteiger partial charge in [0.05, 0.1) is 7.11 Å². The largest absolute Gasteiger partial charge is 0.497 e. The summed E-state index contributed by atoms with van der Waals surface area (Å²) < 4.78 is 16.1. The first-order chi connectivity index (χ1) is 12.6. The Kier molecular flexibility index (Phi) is 5.82. The van der Waals surface area contributed by atoms with E-state index in [-0.39, 0.29) is 29.5 Å². The molecule has 0 spiro atoms. The fourth-order valence-electron chi connectivity index (χ4n) is 2.92. The molecule has 1 atom stereocenters. The van der Waals surface area contributed by atoms with Gasteiger partial charge in [-0.3, -0.25) is 9.78 Å². The van der Waals surface area contributed by atoms with Gasteiger partial charge in [-0.15, -0.1) is 0 Å². The van der Waals surface area contributed by atoms with Gasteiger partial charge in [0.2, 0.25) is 5.89 Å². The van der Waals surface area contributed by atoms with Gasteiger partial charge < -0.3 is 19.3 Å². The van der Waals surface area contributed by atoms with E-state index in [1.54, 1.807) is 25.4 Å². The molecule has 8 nitrogen and oxygen atoms in total. The van der Waals surface area contributed by atoms with Gasteiger partial charge in [0.25, 0.3) is 5.91 Å². The molecule has 1 saturated heterocycles. The van der Waals surface area contributed by atoms with Crippen LogP contribution in [0.25, 0.3) is 0 Å². The van der Waals surface area contributed by atoms with Gasteiger partial charge in [-0.25, -0.2) is 0 Å². The molecule has 0 aliphatic carbocycles. The zero-order valence-corrected chi connectivity index (χ0v) is 15.3. The van der Waals surface area contributed by atoms with Gasteiger partial charge in [-0.1, -0.05) is 19.0 Å². The van der Waals surface area contributed by atoms with Crippen LogP contribution in [0.5, 0.6) is 5.75 Å². The average Bonchev–Trinajstić information content (AvgIpc) is 3.17. The Labute approximate surface area is 152 Å². The minimum atomic E-state index is -0.376. The third-order valence-electron chi connectivity index (χ3n) is 4.46. The van der Waals surface area contributed by atoms with Crippen LogP contribution < -0.4 is 10.1 Å². The highest BCUT2D eigenvalue weighted by Crippen LogP contribution is 2.30. The predicted octanol–water partition coefficient (Wildman–Crippen LogP) is 2.49. The van der Waals surface area contributed by atoms with Crippen molar-refractivity contribution < 1.29 is 18.8 Å². The summed E-state index contributed by atoms with van der Waals surface area (Å²) in [5.41, 5.74) is 0.282. The number of methoxy groups -OCH3 is 1. The fraction of sp³-hybridized carbons (Fsp3) is 0.556. The molecule has 2 aromatic heterocycles. The third-order valence-corrected chi connectivity index (χ3v) is 4.46. The number of amides is 1. The summed E-state index contributed by atoms with van der Waals surface area (Å²) in [6, 6.07) is 2.92. The van der Waals surface area contributed by atoms with Crippen LogP contribution in [-0.4, -0.2) is 41.4 Å². The molecule has 1 N–H and O–H groups in total. The van der Waals surface area contributed by atoms with Crippen LogP contribution in [0.3, 0.4) is 0 Å². The summed E-state index contributed by atoms with van der Waals surface area (Å²) in [4.78, 5) is 21.3. The molecule has 0 aromatic carbocycles. The number of carbonyl (C=O) groups is 1. The maximum atomic E-state index is 12.7. The van der Waals surface area contributed by atoms with Gasteiger partial charge in [0.1, 0.15) is 17.5 Å². The van der Waals surface area contributed by atoms with Crippen LogP contribution in [-0.2, 0) is 4.74 Å². The standard InChI is InChI=1S/C18H24N4O4/c1-11(2)16-21-18(26-22-16)15(12-5-8-25-9-6-12)20-17(23)14-10-13(24-3)4-7-19-14/h4,7,10-12,15H,5-6,8-9H2,1-3H3,(H,20,23)/t15-/m0/s1. The fourth-order valence-corrected chi connectivity index (χ4v) is 2.92. The number of hydrogen-bond acceptors (Lipinski definition) is 7. The van der Waals surface area contributed by atoms with Crippen LogP contribution in [0.15, 0.2) is 22.9 Å². The maximum absolute atomic E-state index is 12.7. The number of rotatable bonds is 6. The summed E-state index contributed by atoms with van der Waals surface area (Å²) in [7, 11) is 1.55. The Balaban J connectivity index is 1.83. The lowest BCUT2D eigenvalue weighted by atomic mass is 9.91. The molecule has 8 heteroatoms. The third kappa shape index (κ3) is 4.19. The SMILES string of the molecule is COc1ccnc(C(=O)N[C@H](c2nc(C(C)C)no2)C2CCOCC2)c1. The monoisotopic (exact) mass is 360 g/mol. The molecular weight excluding hydrogens is 336 g/mol. The number of hydrogen-bond donors (Lipinski definition) is 1. The number of pyridine rings is 1. The predicted molar refractivity (Wildman–Crippen MR) is 92.9 cm³/mol. The smallest absolute Gasteiger partial charge is 0.270 e. The summed E-state index contributed by atoms with van der Waals surface area (Å²) in [6.45, 7) is 5.30. The second-order valence-corrected chi connectivity index (χ2v) is 6.63. The first-order valence-electron chi connectivity index (χ1n) is 8.80. The van der Waals surface area contributed by atoms with Gasteiger partial charge >= 0.3 is 0 Å². The van der Waals surface area contributed by atoms with E-state index in [0.717, 1.165) is 12.8 Å². The molecular formula is C18H24N4O4. The molecule has 2 aromatic rings. The Bertz CT molecular complexity index is 740. The van der Waals surface area contributed by atoms with Crippen molar-refractivity contribution in [3.05, 3.63) is 35.7 Å². The molecule has 1 aliphatic rings. The summed E-state index contributed by atoms with van der Waals surface area (Å²) >= 11 is 0. The van der Waals surface area contributed by atoms with E-state index in [4.69, 9.17) is 14.0 Å². The van der Waals surface area contributed by atoms with Gasteiger partial charge in [0.15, 0.2) is 5.82 Å². The first-order valence-corrected chi connectivity index (χ1v) is 8.80. The van der Waals surface area contributed by atoms with Gasteiger partial charge in [0, 0.05) is 31.4 Å². The molecule has 3 rings (SSSR count). The first kappa shape index (κ1) is 18.3. The Hall–Kier alpha value is -2.48. The van der Waals surface area contributed by atoms with Crippen LogP contribution in [0, 0.1) is 5.92 Å². The van der Waals surface area contributed by atoms with E-state index in [0.29, 0.717) is 30.7 Å². The van der Waals surface area contributed by atoms with E-state index < -0.39 is 0 Å². The maximum Gasteiger partial charge on any atom is 0.270 e. The number of aromatic nitrogens is 3. The number of nitrogens with zero attached hydrogens (tertiary/aromatic N) is 3. The lowest BCUT2D eigenvalue weighted by Gasteiger charge is -2.28. The van der Waals surface area contributed by atoms with Crippen molar-refractivity contribution in [1.82, 2.24) is 20.4 Å². The highest BCUT2D eigenvalue weighted by Gasteiger charge is 2.32. The zero-order chi connectivity index (χ0) is 18.5. The summed E-state index contributed by atoms with van der Waals surface area (Å²) in [5, 5.41) is 7.05. The molecule has 1 fully saturated rings. The molecule has 0 unspecified atom stereocenters. The van der Waals surface area contributed by atoms with Crippen molar-refractivity contribution in [3.8, 4) is 5.75 Å². The highest BCUT2D eigenvalue weighted by atomic mass is 16.5. The van der Waals surface area contributed by atoms with Gasteiger partial charge in [-0.05, 0) is 24.8 Å². The molecule has 26 heavy (non-hydrogen) atoms. The van der Waals surface area contributed by atoms with Crippen molar-refractivity contribution in [2.75, 3.05) is 20.3 Å². The molecule has 3 heterocycles. The highest BCUT2D eigenvalue weighted by molar-refractivity contribution is 5.92. The van der Waals surface area contributed by atoms with E-state index >= 15 is 0 Å². The lowest BCUT2D eigenvalue weighted by molar-refractivity contribution is 0.0467. The molecule has 0 radical (unpaired) electrons. The van der Waals surface area contributed by atoms with Crippen molar-refractivity contribution in [1.29, 1.82) is 0 Å². The average molecular weight is 360 g/mol. The molecule has 0 bridgehead atoms. The molecule has 0 saturated carbocycles. The minimum Gasteiger partial charge on any atom is -0.497 e. The number of ether oxygens (including phenoxy) is 2. The van der Waals surface area contributed by atoms with Crippen molar-refractivity contribution in [3.63, 3.8) is 0 Å². The Morgan fingerprint density at radius 1 is 1.35 bits per heavy atom. The van der Waals surface area contributed by atoms with Crippen LogP contribution >= 0.6 is 0 Å². The Morgan fingerprint density at radius 3 is 2.77 bits per heavy atom. The molecule has 1 amide bonds. The van der Waals surface area contributed by atoms with Gasteiger partial charge in [-0.2, -0.15) is 4.98 Å². The van der Waals surface area contributed by atoms with Crippen molar-refractivity contribution in [2.24, 2.45) is 5.92 Å². The topological polar surface area (TPSA) is 99.4 Å². The van der Waals surface area contributed by atoms with Crippen molar-refractivity contribution >= 4 is 5.91 Å². The van der Waals surface area contributed by atoms with E-state index in [1.807, 2.05) is 13.8 Å². The molecule has 1 aliphatic heterocycles. The zero-order valence-electron chi connectivity index (χ0n) is 15.3. The summed E-state index contributed by atoms with van der Waals surface area (Å²) in [5.74, 6) is 1.65. The van der Waals surface area contributed by atoms with Crippen LogP contribution in [0.2, 0.25) is 0 Å². The van der Waals surface area contributed by atoms with Crippen LogP contribution in [0.1, 0.15) is 60.9 Å². The minimum absolute atomic E-state index is 0.151. The quantitative estimate of drug-likeness (QED) is 0.845.